The third-order valence-corrected chi connectivity index (χ3v) is 4.20. The van der Waals surface area contributed by atoms with Crippen LogP contribution >= 0.6 is 0 Å². The van der Waals surface area contributed by atoms with E-state index in [1.165, 1.54) is 5.56 Å². The second kappa shape index (κ2) is 9.52. The SMILES string of the molecule is C=CCN(CC=C)C(=O)CCC(=O)Nc1ncc(-c2ccc(C)cc2)n1C. The van der Waals surface area contributed by atoms with Gasteiger partial charge >= 0.3 is 0 Å². The molecule has 0 fully saturated rings. The molecule has 0 saturated carbocycles. The molecule has 142 valence electrons. The minimum Gasteiger partial charge on any atom is -0.335 e. The molecule has 0 bridgehead atoms. The molecule has 1 aromatic heterocycles. The molecule has 1 aromatic carbocycles. The molecule has 2 rings (SSSR count). The number of benzene rings is 1. The fraction of sp³-hybridized carbons (Fsp3) is 0.286. The molecule has 1 N–H and O–H groups in total. The molecular formula is C21H26N4O2. The van der Waals surface area contributed by atoms with Crippen molar-refractivity contribution in [2.45, 2.75) is 19.8 Å². The maximum absolute atomic E-state index is 12.2. The van der Waals surface area contributed by atoms with Crippen LogP contribution in [-0.4, -0.2) is 39.4 Å². The number of carbonyl (C=O) groups excluding carboxylic acids is 2. The summed E-state index contributed by atoms with van der Waals surface area (Å²) < 4.78 is 1.83. The highest BCUT2D eigenvalue weighted by Gasteiger charge is 2.15. The lowest BCUT2D eigenvalue weighted by atomic mass is 10.1. The Bertz CT molecular complexity index is 811. The quantitative estimate of drug-likeness (QED) is 0.692. The lowest BCUT2D eigenvalue weighted by Gasteiger charge is -2.19. The van der Waals surface area contributed by atoms with E-state index >= 15 is 0 Å². The van der Waals surface area contributed by atoms with Gasteiger partial charge in [0.1, 0.15) is 0 Å². The van der Waals surface area contributed by atoms with E-state index in [1.807, 2.05) is 42.8 Å². The zero-order chi connectivity index (χ0) is 19.8. The Morgan fingerprint density at radius 2 is 1.78 bits per heavy atom. The third kappa shape index (κ3) is 5.41. The van der Waals surface area contributed by atoms with Gasteiger partial charge in [0.2, 0.25) is 17.8 Å². The Balaban J connectivity index is 1.96. The van der Waals surface area contributed by atoms with Crippen molar-refractivity contribution in [1.82, 2.24) is 14.5 Å². The van der Waals surface area contributed by atoms with Gasteiger partial charge in [0, 0.05) is 33.0 Å². The lowest BCUT2D eigenvalue weighted by Crippen LogP contribution is -2.32. The highest BCUT2D eigenvalue weighted by Crippen LogP contribution is 2.22. The van der Waals surface area contributed by atoms with Crippen LogP contribution in [0, 0.1) is 6.92 Å². The molecular weight excluding hydrogens is 340 g/mol. The van der Waals surface area contributed by atoms with Crippen molar-refractivity contribution in [3.05, 3.63) is 61.3 Å². The van der Waals surface area contributed by atoms with E-state index in [9.17, 15) is 9.59 Å². The average molecular weight is 366 g/mol. The molecule has 1 heterocycles. The number of hydrogen-bond acceptors (Lipinski definition) is 3. The van der Waals surface area contributed by atoms with Crippen molar-refractivity contribution in [2.75, 3.05) is 18.4 Å². The number of rotatable bonds is 9. The summed E-state index contributed by atoms with van der Waals surface area (Å²) in [6.07, 6.45) is 5.25. The second-order valence-electron chi connectivity index (χ2n) is 6.32. The fourth-order valence-corrected chi connectivity index (χ4v) is 2.67. The molecule has 0 spiro atoms. The fourth-order valence-electron chi connectivity index (χ4n) is 2.67. The summed E-state index contributed by atoms with van der Waals surface area (Å²) in [6.45, 7) is 10.2. The van der Waals surface area contributed by atoms with Crippen LogP contribution in [0.4, 0.5) is 5.95 Å². The predicted octanol–water partition coefficient (Wildman–Crippen LogP) is 3.31. The lowest BCUT2D eigenvalue weighted by molar-refractivity contribution is -0.131. The van der Waals surface area contributed by atoms with Crippen LogP contribution < -0.4 is 5.32 Å². The summed E-state index contributed by atoms with van der Waals surface area (Å²) in [5.41, 5.74) is 3.11. The highest BCUT2D eigenvalue weighted by atomic mass is 16.2. The molecule has 0 saturated heterocycles. The van der Waals surface area contributed by atoms with Gasteiger partial charge in [0.15, 0.2) is 0 Å². The number of aryl methyl sites for hydroxylation is 1. The first-order valence-electron chi connectivity index (χ1n) is 8.84. The summed E-state index contributed by atoms with van der Waals surface area (Å²) in [7, 11) is 1.85. The zero-order valence-electron chi connectivity index (χ0n) is 15.9. The monoisotopic (exact) mass is 366 g/mol. The van der Waals surface area contributed by atoms with Crippen LogP contribution in [0.15, 0.2) is 55.8 Å². The highest BCUT2D eigenvalue weighted by molar-refractivity contribution is 5.92. The minimum absolute atomic E-state index is 0.0936. The van der Waals surface area contributed by atoms with E-state index in [4.69, 9.17) is 0 Å². The first-order valence-corrected chi connectivity index (χ1v) is 8.84. The van der Waals surface area contributed by atoms with Gasteiger partial charge in [0.25, 0.3) is 0 Å². The largest absolute Gasteiger partial charge is 0.335 e. The maximum atomic E-state index is 12.2. The van der Waals surface area contributed by atoms with Crippen molar-refractivity contribution < 1.29 is 9.59 Å². The van der Waals surface area contributed by atoms with Gasteiger partial charge in [-0.15, -0.1) is 13.2 Å². The standard InChI is InChI=1S/C21H26N4O2/c1-5-13-25(14-6-2)20(27)12-11-19(26)23-21-22-15-18(24(21)4)17-9-7-16(3)8-10-17/h5-10,15H,1-2,11-14H2,3-4H3,(H,22,23,26). The number of amides is 2. The summed E-state index contributed by atoms with van der Waals surface area (Å²) in [5.74, 6) is 0.104. The second-order valence-corrected chi connectivity index (χ2v) is 6.32. The maximum Gasteiger partial charge on any atom is 0.227 e. The summed E-state index contributed by atoms with van der Waals surface area (Å²) in [5, 5.41) is 2.77. The van der Waals surface area contributed by atoms with Crippen LogP contribution in [0.3, 0.4) is 0 Å². The average Bonchev–Trinajstić information content (AvgIpc) is 3.00. The number of carbonyl (C=O) groups is 2. The number of aromatic nitrogens is 2. The topological polar surface area (TPSA) is 67.2 Å². The Labute approximate surface area is 160 Å². The van der Waals surface area contributed by atoms with Crippen LogP contribution in [0.2, 0.25) is 0 Å². The van der Waals surface area contributed by atoms with Crippen LogP contribution in [0.5, 0.6) is 0 Å². The molecule has 6 nitrogen and oxygen atoms in total. The van der Waals surface area contributed by atoms with E-state index in [0.29, 0.717) is 19.0 Å². The molecule has 27 heavy (non-hydrogen) atoms. The molecule has 0 radical (unpaired) electrons. The van der Waals surface area contributed by atoms with Gasteiger partial charge in [-0.3, -0.25) is 14.9 Å². The molecule has 2 amide bonds. The van der Waals surface area contributed by atoms with Gasteiger partial charge < -0.3 is 9.47 Å². The predicted molar refractivity (Wildman–Crippen MR) is 108 cm³/mol. The van der Waals surface area contributed by atoms with E-state index in [2.05, 4.69) is 23.5 Å². The number of nitrogens with zero attached hydrogens (tertiary/aromatic N) is 3. The van der Waals surface area contributed by atoms with E-state index in [0.717, 1.165) is 11.3 Å². The number of anilines is 1. The van der Waals surface area contributed by atoms with Crippen molar-refractivity contribution >= 4 is 17.8 Å². The first-order chi connectivity index (χ1) is 13.0. The summed E-state index contributed by atoms with van der Waals surface area (Å²) >= 11 is 0. The van der Waals surface area contributed by atoms with Crippen molar-refractivity contribution in [1.29, 1.82) is 0 Å². The number of imidazole rings is 1. The summed E-state index contributed by atoms with van der Waals surface area (Å²) in [6, 6.07) is 8.10. The Hall–Kier alpha value is -3.15. The van der Waals surface area contributed by atoms with Crippen molar-refractivity contribution in [3.8, 4) is 11.3 Å². The molecule has 0 unspecified atom stereocenters. The summed E-state index contributed by atoms with van der Waals surface area (Å²) in [4.78, 5) is 30.3. The van der Waals surface area contributed by atoms with Crippen molar-refractivity contribution in [3.63, 3.8) is 0 Å². The third-order valence-electron chi connectivity index (χ3n) is 4.20. The number of nitrogens with one attached hydrogen (secondary N) is 1. The Morgan fingerprint density at radius 3 is 2.37 bits per heavy atom. The van der Waals surface area contributed by atoms with Gasteiger partial charge in [0.05, 0.1) is 11.9 Å². The smallest absolute Gasteiger partial charge is 0.227 e. The van der Waals surface area contributed by atoms with E-state index in [-0.39, 0.29) is 24.7 Å². The van der Waals surface area contributed by atoms with E-state index in [1.54, 1.807) is 23.2 Å². The van der Waals surface area contributed by atoms with Crippen LogP contribution in [0.25, 0.3) is 11.3 Å². The first kappa shape index (κ1) is 20.2. The van der Waals surface area contributed by atoms with Crippen LogP contribution in [0.1, 0.15) is 18.4 Å². The molecule has 6 heteroatoms. The molecule has 0 aliphatic carbocycles. The zero-order valence-corrected chi connectivity index (χ0v) is 15.9. The molecule has 0 aliphatic rings. The van der Waals surface area contributed by atoms with Gasteiger partial charge in [-0.2, -0.15) is 0 Å². The van der Waals surface area contributed by atoms with Gasteiger partial charge in [-0.25, -0.2) is 4.98 Å². The molecule has 0 atom stereocenters. The molecule has 2 aromatic rings. The number of hydrogen-bond donors (Lipinski definition) is 1. The normalized spacial score (nSPS) is 10.3. The Morgan fingerprint density at radius 1 is 1.15 bits per heavy atom. The minimum atomic E-state index is -0.246. The molecule has 0 aliphatic heterocycles. The van der Waals surface area contributed by atoms with Gasteiger partial charge in [-0.1, -0.05) is 42.0 Å². The van der Waals surface area contributed by atoms with E-state index < -0.39 is 0 Å². The van der Waals surface area contributed by atoms with Gasteiger partial charge in [-0.05, 0) is 12.5 Å². The van der Waals surface area contributed by atoms with Crippen molar-refractivity contribution in [2.24, 2.45) is 7.05 Å². The Kier molecular flexibility index (Phi) is 7.11. The van der Waals surface area contributed by atoms with Crippen LogP contribution in [-0.2, 0) is 16.6 Å².